The van der Waals surface area contributed by atoms with Crippen molar-refractivity contribution < 1.29 is 9.68 Å². The van der Waals surface area contributed by atoms with Crippen LogP contribution in [-0.4, -0.2) is 75.8 Å². The van der Waals surface area contributed by atoms with E-state index in [2.05, 4.69) is 32.9 Å². The number of hydrogen-bond donors (Lipinski definition) is 5. The molecule has 0 amide bonds. The van der Waals surface area contributed by atoms with E-state index in [0.717, 1.165) is 76.9 Å². The van der Waals surface area contributed by atoms with E-state index in [0.29, 0.717) is 12.4 Å². The smallest absolute Gasteiger partial charge is 0.250 e. The zero-order valence-corrected chi connectivity index (χ0v) is 24.0. The van der Waals surface area contributed by atoms with Crippen molar-refractivity contribution in [1.29, 1.82) is 0 Å². The van der Waals surface area contributed by atoms with Crippen LogP contribution in [0.15, 0.2) is 30.0 Å². The van der Waals surface area contributed by atoms with E-state index in [4.69, 9.17) is 17.2 Å². The third-order valence-corrected chi connectivity index (χ3v) is 8.82. The molecule has 0 spiro atoms. The Morgan fingerprint density at radius 2 is 1.81 bits per heavy atom. The fraction of sp³-hybridized carbons (Fsp3) is 0.786. The molecule has 212 valence electrons. The maximum Gasteiger partial charge on any atom is 0.250 e. The van der Waals surface area contributed by atoms with E-state index in [9.17, 15) is 5.11 Å². The van der Waals surface area contributed by atoms with Crippen LogP contribution in [-0.2, 0) is 0 Å². The second-order valence-electron chi connectivity index (χ2n) is 10.5. The first-order chi connectivity index (χ1) is 17.9. The molecular formula is C28H54N7OS+. The molecule has 8 nitrogen and oxygen atoms in total. The number of amidine groups is 1. The average molecular weight is 537 g/mol. The number of aliphatic imine (C=N–C) groups is 1. The molecule has 0 bridgehead atoms. The predicted octanol–water partition coefficient (Wildman–Crippen LogP) is 3.46. The van der Waals surface area contributed by atoms with Gasteiger partial charge in [0.1, 0.15) is 0 Å². The van der Waals surface area contributed by atoms with Crippen LogP contribution < -0.4 is 22.5 Å². The van der Waals surface area contributed by atoms with Gasteiger partial charge in [-0.15, -0.1) is 18.3 Å². The number of guanidine groups is 1. The maximum atomic E-state index is 12.1. The summed E-state index contributed by atoms with van der Waals surface area (Å²) in [4.78, 5) is 6.49. The van der Waals surface area contributed by atoms with E-state index in [1.54, 1.807) is 0 Å². The van der Waals surface area contributed by atoms with E-state index >= 15 is 0 Å². The minimum atomic E-state index is -0.791. The summed E-state index contributed by atoms with van der Waals surface area (Å²) in [6.45, 7) is 12.0. The Labute approximate surface area is 229 Å². The number of aliphatic hydroxyl groups is 1. The van der Waals surface area contributed by atoms with Crippen LogP contribution in [0.3, 0.4) is 0 Å². The number of nitrogens with zero attached hydrogens (tertiary/aromatic N) is 3. The lowest BCUT2D eigenvalue weighted by atomic mass is 9.99. The lowest BCUT2D eigenvalue weighted by Gasteiger charge is -2.35. The molecule has 2 aliphatic heterocycles. The lowest BCUT2D eigenvalue weighted by molar-refractivity contribution is -0.540. The third-order valence-electron chi connectivity index (χ3n) is 7.45. The van der Waals surface area contributed by atoms with Gasteiger partial charge in [0.15, 0.2) is 5.96 Å². The number of unbranched alkanes of at least 4 members (excludes halogenated alkanes) is 9. The van der Waals surface area contributed by atoms with Crippen molar-refractivity contribution in [2.45, 2.75) is 101 Å². The normalized spacial score (nSPS) is 21.1. The minimum Gasteiger partial charge on any atom is -0.386 e. The zero-order chi connectivity index (χ0) is 26.9. The van der Waals surface area contributed by atoms with Gasteiger partial charge < -0.3 is 27.6 Å². The van der Waals surface area contributed by atoms with Gasteiger partial charge in [-0.25, -0.2) is 4.90 Å². The minimum absolute atomic E-state index is 0.133. The number of nitrogens with two attached hydrogens (primary N) is 3. The first-order valence-corrected chi connectivity index (χ1v) is 15.5. The van der Waals surface area contributed by atoms with Crippen molar-refractivity contribution in [3.63, 3.8) is 0 Å². The summed E-state index contributed by atoms with van der Waals surface area (Å²) in [5, 5.41) is 15.4. The quantitative estimate of drug-likeness (QED) is 0.0499. The van der Waals surface area contributed by atoms with Crippen LogP contribution >= 0.6 is 11.8 Å². The molecule has 2 unspecified atom stereocenters. The summed E-state index contributed by atoms with van der Waals surface area (Å²) in [6, 6.07) is 0. The third kappa shape index (κ3) is 11.2. The summed E-state index contributed by atoms with van der Waals surface area (Å²) in [5.74, 6) is 2.80. The molecule has 0 aromatic heterocycles. The molecule has 0 aromatic rings. The standard InChI is InChI=1S/C28H54N7OS/c1-3-4-5-6-7-8-9-10-11-12-16-28(36)25(37-22-18-33-27(30)31)23-26-34(20-15-21-35(26)28)19-14-13-17-32-24(2)29/h3,25,32,36H,1-2,4-23,29H2,(H4,30,31,33)/q+1. The van der Waals surface area contributed by atoms with Gasteiger partial charge in [-0.05, 0) is 32.1 Å². The molecule has 0 aliphatic carbocycles. The van der Waals surface area contributed by atoms with Crippen LogP contribution in [0.5, 0.6) is 0 Å². The topological polar surface area (TPSA) is 129 Å². The maximum absolute atomic E-state index is 12.1. The highest BCUT2D eigenvalue weighted by molar-refractivity contribution is 8.00. The second-order valence-corrected chi connectivity index (χ2v) is 11.8. The highest BCUT2D eigenvalue weighted by Gasteiger charge is 2.57. The first kappa shape index (κ1) is 31.3. The number of nitrogens with one attached hydrogen (secondary N) is 1. The molecule has 37 heavy (non-hydrogen) atoms. The van der Waals surface area contributed by atoms with E-state index in [1.165, 1.54) is 50.8 Å². The zero-order valence-electron chi connectivity index (χ0n) is 23.1. The molecule has 1 fully saturated rings. The Kier molecular flexibility index (Phi) is 14.9. The van der Waals surface area contributed by atoms with Crippen molar-refractivity contribution in [2.24, 2.45) is 22.2 Å². The Morgan fingerprint density at radius 1 is 1.11 bits per heavy atom. The van der Waals surface area contributed by atoms with Crippen molar-refractivity contribution in [1.82, 2.24) is 10.2 Å². The Hall–Kier alpha value is -1.87. The molecule has 2 aliphatic rings. The molecule has 2 rings (SSSR count). The van der Waals surface area contributed by atoms with E-state index < -0.39 is 5.72 Å². The molecular weight excluding hydrogens is 482 g/mol. The van der Waals surface area contributed by atoms with Crippen LogP contribution in [0, 0.1) is 0 Å². The predicted molar refractivity (Wildman–Crippen MR) is 160 cm³/mol. The van der Waals surface area contributed by atoms with Crippen LogP contribution in [0.4, 0.5) is 0 Å². The van der Waals surface area contributed by atoms with E-state index in [1.807, 2.05) is 17.8 Å². The first-order valence-electron chi connectivity index (χ1n) is 14.5. The molecule has 8 N–H and O–H groups in total. The van der Waals surface area contributed by atoms with Gasteiger partial charge in [-0.3, -0.25) is 9.57 Å². The van der Waals surface area contributed by atoms with Gasteiger partial charge >= 0.3 is 0 Å². The van der Waals surface area contributed by atoms with Crippen molar-refractivity contribution in [3.8, 4) is 0 Å². The highest BCUT2D eigenvalue weighted by atomic mass is 32.2. The molecule has 0 saturated carbocycles. The fourth-order valence-electron chi connectivity index (χ4n) is 5.52. The summed E-state index contributed by atoms with van der Waals surface area (Å²) in [7, 11) is 0. The molecule has 9 heteroatoms. The van der Waals surface area contributed by atoms with Crippen LogP contribution in [0.2, 0.25) is 0 Å². The number of fused-ring (bicyclic) bond motifs is 1. The molecule has 1 saturated heterocycles. The van der Waals surface area contributed by atoms with Gasteiger partial charge in [0, 0.05) is 25.1 Å². The van der Waals surface area contributed by atoms with Gasteiger partial charge in [-0.2, -0.15) is 0 Å². The van der Waals surface area contributed by atoms with Gasteiger partial charge in [0.05, 0.1) is 43.7 Å². The Bertz CT molecular complexity index is 753. The van der Waals surface area contributed by atoms with Gasteiger partial charge in [0.25, 0.3) is 5.84 Å². The van der Waals surface area contributed by atoms with Gasteiger partial charge in [0.2, 0.25) is 5.72 Å². The van der Waals surface area contributed by atoms with Crippen molar-refractivity contribution in [2.75, 3.05) is 38.5 Å². The number of hydrogen-bond acceptors (Lipinski definition) is 6. The number of rotatable bonds is 21. The summed E-state index contributed by atoms with van der Waals surface area (Å²) in [5.41, 5.74) is 15.8. The molecule has 0 aromatic carbocycles. The monoisotopic (exact) mass is 536 g/mol. The SMILES string of the molecule is C=CCCCCCCCCCCC1(O)C(SCCN=C(N)N)CC2=[N+](CCCCNC(=C)N)CCCN21. The Balaban J connectivity index is 1.92. The number of thioether (sulfide) groups is 1. The average Bonchev–Trinajstić information content (AvgIpc) is 3.15. The summed E-state index contributed by atoms with van der Waals surface area (Å²) >= 11 is 1.82. The molecule has 0 radical (unpaired) electrons. The number of allylic oxidation sites excluding steroid dienone is 1. The lowest BCUT2D eigenvalue weighted by Crippen LogP contribution is -2.54. The largest absolute Gasteiger partial charge is 0.386 e. The van der Waals surface area contributed by atoms with E-state index in [-0.39, 0.29) is 11.2 Å². The second kappa shape index (κ2) is 17.6. The fourth-order valence-corrected chi connectivity index (χ4v) is 6.78. The van der Waals surface area contributed by atoms with Crippen molar-refractivity contribution >= 4 is 23.6 Å². The Morgan fingerprint density at radius 3 is 2.49 bits per heavy atom. The molecule has 2 heterocycles. The van der Waals surface area contributed by atoms with Gasteiger partial charge in [-0.1, -0.05) is 51.2 Å². The van der Waals surface area contributed by atoms with Crippen molar-refractivity contribution in [3.05, 3.63) is 25.1 Å². The van der Waals surface area contributed by atoms with Crippen LogP contribution in [0.25, 0.3) is 0 Å². The molecule has 2 atom stereocenters. The van der Waals surface area contributed by atoms with Crippen LogP contribution in [0.1, 0.15) is 89.9 Å². The summed E-state index contributed by atoms with van der Waals surface area (Å²) in [6.07, 6.45) is 18.1. The highest BCUT2D eigenvalue weighted by Crippen LogP contribution is 2.41. The summed E-state index contributed by atoms with van der Waals surface area (Å²) < 4.78 is 2.51.